The average Bonchev–Trinajstić information content (AvgIpc) is 3.33. The number of carbonyl (C=O) groups is 4. The Balaban J connectivity index is 2.05. The van der Waals surface area contributed by atoms with Crippen molar-refractivity contribution in [1.29, 1.82) is 0 Å². The number of nitrogens with zero attached hydrogens (tertiary/aromatic N) is 2. The first kappa shape index (κ1) is 22.1. The van der Waals surface area contributed by atoms with Crippen molar-refractivity contribution in [3.05, 3.63) is 0 Å². The van der Waals surface area contributed by atoms with Gasteiger partial charge in [-0.2, -0.15) is 0 Å². The first-order valence-electron chi connectivity index (χ1n) is 9.37. The Bertz CT molecular complexity index is 627. The molecule has 2 saturated heterocycles. The summed E-state index contributed by atoms with van der Waals surface area (Å²) in [6, 6.07) is -4.31. The van der Waals surface area contributed by atoms with Gasteiger partial charge in [-0.3, -0.25) is 14.4 Å². The van der Waals surface area contributed by atoms with Crippen LogP contribution in [0.1, 0.15) is 32.6 Å². The minimum atomic E-state index is -1.30. The highest BCUT2D eigenvalue weighted by Gasteiger charge is 2.41. The van der Waals surface area contributed by atoms with Crippen molar-refractivity contribution in [3.63, 3.8) is 0 Å². The molecular formula is C17H28N4O7. The predicted molar refractivity (Wildman–Crippen MR) is 95.8 cm³/mol. The van der Waals surface area contributed by atoms with Gasteiger partial charge in [-0.05, 0) is 32.6 Å². The first-order valence-corrected chi connectivity index (χ1v) is 9.37. The number of carboxylic acids is 1. The molecule has 0 spiro atoms. The largest absolute Gasteiger partial charge is 0.480 e. The summed E-state index contributed by atoms with van der Waals surface area (Å²) >= 11 is 0. The number of likely N-dealkylation sites (tertiary alicyclic amines) is 2. The zero-order valence-corrected chi connectivity index (χ0v) is 15.8. The van der Waals surface area contributed by atoms with Crippen molar-refractivity contribution < 1.29 is 34.5 Å². The van der Waals surface area contributed by atoms with Gasteiger partial charge in [0.15, 0.2) is 0 Å². The fraction of sp³-hybridized carbons (Fsp3) is 0.765. The number of amides is 3. The highest BCUT2D eigenvalue weighted by atomic mass is 16.4. The van der Waals surface area contributed by atoms with E-state index in [2.05, 4.69) is 5.32 Å². The molecule has 0 unspecified atom stereocenters. The summed E-state index contributed by atoms with van der Waals surface area (Å²) < 4.78 is 0. The van der Waals surface area contributed by atoms with Crippen LogP contribution in [-0.4, -0.2) is 98.8 Å². The van der Waals surface area contributed by atoms with E-state index in [1.165, 1.54) is 11.8 Å². The number of carbonyl (C=O) groups excluding carboxylic acids is 3. The van der Waals surface area contributed by atoms with Gasteiger partial charge in [0.25, 0.3) is 0 Å². The summed E-state index contributed by atoms with van der Waals surface area (Å²) in [6.45, 7) is 1.21. The van der Waals surface area contributed by atoms with E-state index in [9.17, 15) is 34.5 Å². The number of aliphatic hydroxyl groups excluding tert-OH is 2. The maximum atomic E-state index is 12.7. The molecular weight excluding hydrogens is 372 g/mol. The Morgan fingerprint density at radius 2 is 1.61 bits per heavy atom. The van der Waals surface area contributed by atoms with Crippen LogP contribution >= 0.6 is 0 Å². The summed E-state index contributed by atoms with van der Waals surface area (Å²) in [7, 11) is 0. The number of hydrogen-bond acceptors (Lipinski definition) is 7. The molecule has 2 rings (SSSR count). The van der Waals surface area contributed by atoms with E-state index in [-0.39, 0.29) is 6.54 Å². The second kappa shape index (κ2) is 9.30. The second-order valence-corrected chi connectivity index (χ2v) is 7.23. The number of nitrogens with two attached hydrogens (primary N) is 1. The first-order chi connectivity index (χ1) is 13.2. The molecule has 11 heteroatoms. The molecule has 158 valence electrons. The Hall–Kier alpha value is -2.24. The van der Waals surface area contributed by atoms with E-state index in [4.69, 9.17) is 5.73 Å². The maximum Gasteiger partial charge on any atom is 0.326 e. The molecule has 0 aromatic heterocycles. The number of nitrogens with one attached hydrogen (secondary N) is 1. The molecule has 11 nitrogen and oxygen atoms in total. The van der Waals surface area contributed by atoms with Crippen LogP contribution in [0.15, 0.2) is 0 Å². The molecule has 0 radical (unpaired) electrons. The Morgan fingerprint density at radius 1 is 1.07 bits per heavy atom. The molecule has 0 bridgehead atoms. The lowest BCUT2D eigenvalue weighted by Gasteiger charge is -2.30. The minimum Gasteiger partial charge on any atom is -0.480 e. The summed E-state index contributed by atoms with van der Waals surface area (Å²) in [5.74, 6) is -2.99. The topological polar surface area (TPSA) is 174 Å². The minimum absolute atomic E-state index is 0.236. The molecule has 0 aromatic carbocycles. The van der Waals surface area contributed by atoms with E-state index in [0.29, 0.717) is 32.2 Å². The summed E-state index contributed by atoms with van der Waals surface area (Å²) in [5.41, 5.74) is 5.67. The molecule has 3 amide bonds. The van der Waals surface area contributed by atoms with Crippen LogP contribution in [-0.2, 0) is 19.2 Å². The fourth-order valence-corrected chi connectivity index (χ4v) is 3.64. The summed E-state index contributed by atoms with van der Waals surface area (Å²) in [4.78, 5) is 51.3. The predicted octanol–water partition coefficient (Wildman–Crippen LogP) is -2.76. The molecule has 0 saturated carbocycles. The Kier molecular flexibility index (Phi) is 7.33. The fourth-order valence-electron chi connectivity index (χ4n) is 3.64. The quantitative estimate of drug-likeness (QED) is 0.305. The standard InChI is InChI=1S/C17H28N4O7/c1-9(23)13(18)16(26)20-6-2-4-11(20)14(24)19-10(8-22)15(25)21-7-3-5-12(21)17(27)28/h9-13,22-23H,2-8,18H2,1H3,(H,19,24)(H,27,28)/t9-,10+,11+,12+,13+/m1/s1. The van der Waals surface area contributed by atoms with Crippen LogP contribution in [0.5, 0.6) is 0 Å². The van der Waals surface area contributed by atoms with Crippen molar-refractivity contribution in [2.24, 2.45) is 5.73 Å². The van der Waals surface area contributed by atoms with Gasteiger partial charge in [-0.25, -0.2) is 4.79 Å². The number of hydrogen-bond donors (Lipinski definition) is 5. The van der Waals surface area contributed by atoms with Gasteiger partial charge in [-0.15, -0.1) is 0 Å². The Morgan fingerprint density at radius 3 is 2.11 bits per heavy atom. The molecule has 2 fully saturated rings. The second-order valence-electron chi connectivity index (χ2n) is 7.23. The van der Waals surface area contributed by atoms with Crippen LogP contribution in [0.4, 0.5) is 0 Å². The number of carboxylic acid groups (broad SMARTS) is 1. The molecule has 2 heterocycles. The average molecular weight is 400 g/mol. The lowest BCUT2D eigenvalue weighted by atomic mass is 10.1. The van der Waals surface area contributed by atoms with Crippen molar-refractivity contribution in [2.45, 2.75) is 62.9 Å². The van der Waals surface area contributed by atoms with Gasteiger partial charge in [0, 0.05) is 13.1 Å². The zero-order chi connectivity index (χ0) is 21.0. The van der Waals surface area contributed by atoms with Crippen LogP contribution in [0.25, 0.3) is 0 Å². The highest BCUT2D eigenvalue weighted by molar-refractivity contribution is 5.94. The third kappa shape index (κ3) is 4.59. The Labute approximate surface area is 162 Å². The normalized spacial score (nSPS) is 25.3. The van der Waals surface area contributed by atoms with Crippen LogP contribution < -0.4 is 11.1 Å². The number of rotatable bonds is 7. The summed E-state index contributed by atoms with van der Waals surface area (Å²) in [6.07, 6.45) is 0.678. The molecule has 2 aliphatic rings. The van der Waals surface area contributed by atoms with Crippen LogP contribution in [0, 0.1) is 0 Å². The molecule has 6 N–H and O–H groups in total. The smallest absolute Gasteiger partial charge is 0.326 e. The van der Waals surface area contributed by atoms with Gasteiger partial charge in [0.2, 0.25) is 17.7 Å². The van der Waals surface area contributed by atoms with Crippen LogP contribution in [0.2, 0.25) is 0 Å². The maximum absolute atomic E-state index is 12.7. The van der Waals surface area contributed by atoms with Crippen molar-refractivity contribution in [3.8, 4) is 0 Å². The van der Waals surface area contributed by atoms with Crippen LogP contribution in [0.3, 0.4) is 0 Å². The van der Waals surface area contributed by atoms with Gasteiger partial charge in [0.05, 0.1) is 12.7 Å². The van der Waals surface area contributed by atoms with Gasteiger partial charge < -0.3 is 36.2 Å². The van der Waals surface area contributed by atoms with Crippen molar-refractivity contribution >= 4 is 23.7 Å². The number of aliphatic hydroxyl groups is 2. The van der Waals surface area contributed by atoms with Gasteiger partial charge >= 0.3 is 5.97 Å². The molecule has 0 aliphatic carbocycles. The lowest BCUT2D eigenvalue weighted by Crippen LogP contribution is -2.58. The van der Waals surface area contributed by atoms with E-state index in [1.807, 2.05) is 0 Å². The third-order valence-corrected chi connectivity index (χ3v) is 5.26. The van der Waals surface area contributed by atoms with Gasteiger partial charge in [-0.1, -0.05) is 0 Å². The molecule has 28 heavy (non-hydrogen) atoms. The van der Waals surface area contributed by atoms with E-state index in [0.717, 1.165) is 4.90 Å². The zero-order valence-electron chi connectivity index (χ0n) is 15.8. The van der Waals surface area contributed by atoms with Gasteiger partial charge in [0.1, 0.15) is 24.2 Å². The molecule has 0 aromatic rings. The number of aliphatic carboxylic acids is 1. The van der Waals surface area contributed by atoms with E-state index >= 15 is 0 Å². The SMILES string of the molecule is C[C@@H](O)[C@H](N)C(=O)N1CCC[C@H]1C(=O)N[C@@H](CO)C(=O)N1CCC[C@H]1C(=O)O. The monoisotopic (exact) mass is 400 g/mol. The lowest BCUT2D eigenvalue weighted by molar-refractivity contribution is -0.150. The van der Waals surface area contributed by atoms with E-state index < -0.39 is 60.6 Å². The third-order valence-electron chi connectivity index (χ3n) is 5.26. The highest BCUT2D eigenvalue weighted by Crippen LogP contribution is 2.21. The van der Waals surface area contributed by atoms with Crippen molar-refractivity contribution in [1.82, 2.24) is 15.1 Å². The molecule has 2 aliphatic heterocycles. The van der Waals surface area contributed by atoms with Crippen molar-refractivity contribution in [2.75, 3.05) is 19.7 Å². The summed E-state index contributed by atoms with van der Waals surface area (Å²) in [5, 5.41) is 30.7. The van der Waals surface area contributed by atoms with E-state index in [1.54, 1.807) is 0 Å². The molecule has 5 atom stereocenters.